The van der Waals surface area contributed by atoms with E-state index in [1.54, 1.807) is 0 Å². The van der Waals surface area contributed by atoms with E-state index in [0.717, 1.165) is 0 Å². The Balaban J connectivity index is 2.57. The second-order valence-electron chi connectivity index (χ2n) is 8.64. The predicted octanol–water partition coefficient (Wildman–Crippen LogP) is 2.71. The molecule has 0 saturated carbocycles. The Morgan fingerprint density at radius 1 is 0.795 bits per heavy atom. The predicted molar refractivity (Wildman–Crippen MR) is 98.9 cm³/mol. The molecule has 2 rings (SSSR count). The van der Waals surface area contributed by atoms with Crippen LogP contribution in [0.25, 0.3) is 0 Å². The van der Waals surface area contributed by atoms with Crippen molar-refractivity contribution in [2.45, 2.75) is 72.2 Å². The smallest absolute Gasteiger partial charge is 0.450 e. The summed E-state index contributed by atoms with van der Waals surface area (Å²) in [5.74, 6) is -64.1. The summed E-state index contributed by atoms with van der Waals surface area (Å²) in [5, 5.41) is 19.1. The molecule has 9 nitrogen and oxygen atoms in total. The van der Waals surface area contributed by atoms with Crippen molar-refractivity contribution in [3.63, 3.8) is 0 Å². The Hall–Kier alpha value is -3.16. The van der Waals surface area contributed by atoms with Crippen LogP contribution in [0.1, 0.15) is 6.23 Å². The maximum absolute atomic E-state index is 14.3. The lowest BCUT2D eigenvalue weighted by atomic mass is 9.89. The van der Waals surface area contributed by atoms with Crippen LogP contribution in [-0.2, 0) is 14.3 Å². The molecule has 254 valence electrons. The number of H-pyrrole nitrogens is 1. The summed E-state index contributed by atoms with van der Waals surface area (Å²) >= 11 is 0. The van der Waals surface area contributed by atoms with Crippen molar-refractivity contribution in [2.75, 3.05) is 6.61 Å². The number of halogens is 17. The van der Waals surface area contributed by atoms with Crippen molar-refractivity contribution in [3.8, 4) is 0 Å². The van der Waals surface area contributed by atoms with Crippen LogP contribution in [-0.4, -0.2) is 98.3 Å². The summed E-state index contributed by atoms with van der Waals surface area (Å²) < 4.78 is 237. The first-order valence-corrected chi connectivity index (χ1v) is 10.6. The Labute approximate surface area is 227 Å². The zero-order chi connectivity index (χ0) is 34.9. The summed E-state index contributed by atoms with van der Waals surface area (Å²) in [4.78, 5) is 36.3. The number of alkyl halides is 17. The third-order valence-corrected chi connectivity index (χ3v) is 5.84. The molecule has 1 fully saturated rings. The van der Waals surface area contributed by atoms with Crippen LogP contribution in [0, 0.1) is 0 Å². The molecule has 2 heterocycles. The Kier molecular flexibility index (Phi) is 9.03. The highest BCUT2D eigenvalue weighted by Gasteiger charge is 2.96. The fourth-order valence-electron chi connectivity index (χ4n) is 3.34. The number of esters is 1. The molecular weight excluding hydrogens is 679 g/mol. The van der Waals surface area contributed by atoms with Gasteiger partial charge in [0, 0.05) is 12.3 Å². The molecule has 1 aromatic rings. The monoisotopic (exact) mass is 690 g/mol. The second-order valence-corrected chi connectivity index (χ2v) is 8.64. The van der Waals surface area contributed by atoms with Crippen molar-refractivity contribution < 1.29 is 99.1 Å². The van der Waals surface area contributed by atoms with Crippen molar-refractivity contribution in [2.24, 2.45) is 0 Å². The molecule has 4 atom stereocenters. The lowest BCUT2D eigenvalue weighted by Crippen LogP contribution is -2.75. The third kappa shape index (κ3) is 5.06. The number of hydrogen-bond acceptors (Lipinski definition) is 7. The first-order valence-electron chi connectivity index (χ1n) is 10.6. The molecule has 3 N–H and O–H groups in total. The number of nitrogens with zero attached hydrogens (tertiary/aromatic N) is 1. The summed E-state index contributed by atoms with van der Waals surface area (Å²) in [7, 11) is 0. The van der Waals surface area contributed by atoms with Gasteiger partial charge in [-0.2, -0.15) is 74.6 Å². The lowest BCUT2D eigenvalue weighted by Gasteiger charge is -2.42. The second kappa shape index (κ2) is 10.7. The quantitative estimate of drug-likeness (QED) is 0.255. The van der Waals surface area contributed by atoms with Crippen molar-refractivity contribution in [1.29, 1.82) is 0 Å². The van der Waals surface area contributed by atoms with Crippen molar-refractivity contribution in [1.82, 2.24) is 9.55 Å². The van der Waals surface area contributed by atoms with E-state index in [4.69, 9.17) is 9.84 Å². The summed E-state index contributed by atoms with van der Waals surface area (Å²) in [6.45, 7) is -1.40. The number of rotatable bonds is 10. The van der Waals surface area contributed by atoms with Gasteiger partial charge in [-0.1, -0.05) is 0 Å². The van der Waals surface area contributed by atoms with E-state index in [1.165, 1.54) is 4.98 Å². The van der Waals surface area contributed by atoms with Crippen LogP contribution < -0.4 is 11.2 Å². The van der Waals surface area contributed by atoms with E-state index in [9.17, 15) is 94.1 Å². The van der Waals surface area contributed by atoms with Gasteiger partial charge >= 0.3 is 59.3 Å². The molecule has 1 saturated heterocycles. The SMILES string of the molecule is O=C(OC1C(O)C(CO)OC1n1ccc(=O)[nH]c1=O)C(F)(F)C(F)(F)C(F)(F)C(F)(F)C(F)(F)C(F)(F)C(F)(F)C(F)(F)F. The minimum Gasteiger partial charge on any atom is -0.450 e. The lowest BCUT2D eigenvalue weighted by molar-refractivity contribution is -0.460. The van der Waals surface area contributed by atoms with Crippen LogP contribution in [0.2, 0.25) is 0 Å². The molecule has 0 aromatic carbocycles. The number of aliphatic hydroxyl groups is 2. The zero-order valence-electron chi connectivity index (χ0n) is 20.0. The minimum absolute atomic E-state index is 0.0146. The van der Waals surface area contributed by atoms with Gasteiger partial charge in [0.15, 0.2) is 12.3 Å². The number of ether oxygens (including phenoxy) is 2. The first kappa shape index (κ1) is 37.0. The van der Waals surface area contributed by atoms with E-state index in [-0.39, 0.29) is 4.57 Å². The van der Waals surface area contributed by atoms with Gasteiger partial charge in [0.2, 0.25) is 0 Å². The average Bonchev–Trinajstić information content (AvgIpc) is 3.17. The number of nitrogens with one attached hydrogen (secondary N) is 1. The van der Waals surface area contributed by atoms with Crippen molar-refractivity contribution >= 4 is 5.97 Å². The van der Waals surface area contributed by atoms with Crippen LogP contribution >= 0.6 is 0 Å². The van der Waals surface area contributed by atoms with Gasteiger partial charge in [-0.15, -0.1) is 0 Å². The molecule has 1 aliphatic heterocycles. The Bertz CT molecular complexity index is 1360. The fourth-order valence-corrected chi connectivity index (χ4v) is 3.34. The summed E-state index contributed by atoms with van der Waals surface area (Å²) in [6.07, 6.45) is -18.0. The highest BCUT2D eigenvalue weighted by molar-refractivity contribution is 5.79. The molecule has 1 aromatic heterocycles. The molecule has 44 heavy (non-hydrogen) atoms. The fraction of sp³-hybridized carbons (Fsp3) is 0.722. The third-order valence-electron chi connectivity index (χ3n) is 5.84. The Morgan fingerprint density at radius 2 is 1.23 bits per heavy atom. The van der Waals surface area contributed by atoms with Gasteiger partial charge in [-0.05, 0) is 0 Å². The molecule has 0 spiro atoms. The molecule has 1 aliphatic rings. The maximum atomic E-state index is 14.3. The molecule has 0 amide bonds. The molecular formula is C18H11F17N2O7. The van der Waals surface area contributed by atoms with E-state index in [0.29, 0.717) is 12.3 Å². The van der Waals surface area contributed by atoms with Gasteiger partial charge in [0.25, 0.3) is 5.56 Å². The largest absolute Gasteiger partial charge is 0.460 e. The average molecular weight is 690 g/mol. The Morgan fingerprint density at radius 3 is 1.64 bits per heavy atom. The van der Waals surface area contributed by atoms with Gasteiger partial charge in [0.05, 0.1) is 6.61 Å². The number of aliphatic hydroxyl groups excluding tert-OH is 2. The van der Waals surface area contributed by atoms with Crippen molar-refractivity contribution in [3.05, 3.63) is 33.1 Å². The molecule has 0 radical (unpaired) electrons. The maximum Gasteiger partial charge on any atom is 0.460 e. The van der Waals surface area contributed by atoms with E-state index in [2.05, 4.69) is 4.74 Å². The number of carbonyl (C=O) groups excluding carboxylic acids is 1. The van der Waals surface area contributed by atoms with E-state index >= 15 is 0 Å². The van der Waals surface area contributed by atoms with Crippen LogP contribution in [0.15, 0.2) is 21.9 Å². The molecule has 0 bridgehead atoms. The zero-order valence-corrected chi connectivity index (χ0v) is 20.0. The van der Waals surface area contributed by atoms with E-state index in [1.807, 2.05) is 0 Å². The van der Waals surface area contributed by atoms with Crippen LogP contribution in [0.5, 0.6) is 0 Å². The summed E-state index contributed by atoms with van der Waals surface area (Å²) in [6, 6.07) is 0.436. The molecule has 26 heteroatoms. The topological polar surface area (TPSA) is 131 Å². The number of aromatic nitrogens is 2. The van der Waals surface area contributed by atoms with Gasteiger partial charge in [-0.3, -0.25) is 14.3 Å². The highest BCUT2D eigenvalue weighted by Crippen LogP contribution is 2.64. The molecule has 0 aliphatic carbocycles. The van der Waals surface area contributed by atoms with Gasteiger partial charge in [-0.25, -0.2) is 9.59 Å². The van der Waals surface area contributed by atoms with E-state index < -0.39 is 96.0 Å². The van der Waals surface area contributed by atoms with Gasteiger partial charge in [0.1, 0.15) is 12.2 Å². The summed E-state index contributed by atoms with van der Waals surface area (Å²) in [5.41, 5.74) is -2.82. The van der Waals surface area contributed by atoms with Gasteiger partial charge < -0.3 is 19.7 Å². The van der Waals surface area contributed by atoms with Crippen LogP contribution in [0.4, 0.5) is 74.6 Å². The highest BCUT2D eigenvalue weighted by atomic mass is 19.4. The number of aromatic amines is 1. The minimum atomic E-state index is -8.95. The number of carbonyl (C=O) groups is 1. The number of hydrogen-bond donors (Lipinski definition) is 3. The normalized spacial score (nSPS) is 23.2. The first-order chi connectivity index (χ1) is 19.4. The van der Waals surface area contributed by atoms with Crippen LogP contribution in [0.3, 0.4) is 0 Å². The standard InChI is InChI=1S/C18H11F17N2O7/c19-11(20,9(41)44-7-6(40)4(3-38)43-8(7)37-2-1-5(39)36-10(37)42)12(21,22)13(23,24)14(25,26)15(27,28)16(29,30)17(31,32)18(33,34)35/h1-2,4,6-8,38,40H,3H2,(H,36,39,42). The molecule has 4 unspecified atom stereocenters.